The van der Waals surface area contributed by atoms with Crippen molar-refractivity contribution in [2.75, 3.05) is 0 Å². The van der Waals surface area contributed by atoms with Gasteiger partial charge in [-0.05, 0) is 55.4 Å². The predicted molar refractivity (Wildman–Crippen MR) is 136 cm³/mol. The number of hydrogen-bond acceptors (Lipinski definition) is 2. The van der Waals surface area contributed by atoms with E-state index in [9.17, 15) is 9.59 Å². The number of rotatable bonds is 10. The van der Waals surface area contributed by atoms with Crippen LogP contribution >= 0.6 is 23.2 Å². The molecule has 2 amide bonds. The van der Waals surface area contributed by atoms with Gasteiger partial charge >= 0.3 is 0 Å². The number of nitrogens with one attached hydrogen (secondary N) is 1. The highest BCUT2D eigenvalue weighted by Crippen LogP contribution is 2.28. The Balaban J connectivity index is 1.79. The van der Waals surface area contributed by atoms with Crippen molar-refractivity contribution < 1.29 is 9.59 Å². The van der Waals surface area contributed by atoms with Crippen molar-refractivity contribution in [1.29, 1.82) is 0 Å². The van der Waals surface area contributed by atoms with Crippen LogP contribution in [0.25, 0.3) is 0 Å². The minimum Gasteiger partial charge on any atom is -0.352 e. The van der Waals surface area contributed by atoms with Crippen LogP contribution in [0.5, 0.6) is 0 Å². The van der Waals surface area contributed by atoms with Gasteiger partial charge in [0.05, 0.1) is 0 Å². The van der Waals surface area contributed by atoms with Crippen LogP contribution in [-0.4, -0.2) is 28.8 Å². The van der Waals surface area contributed by atoms with E-state index in [0.717, 1.165) is 37.7 Å². The molecule has 178 valence electrons. The third-order valence-electron chi connectivity index (χ3n) is 6.54. The first kappa shape index (κ1) is 25.6. The maximum Gasteiger partial charge on any atom is 0.243 e. The summed E-state index contributed by atoms with van der Waals surface area (Å²) in [4.78, 5) is 28.3. The summed E-state index contributed by atoms with van der Waals surface area (Å²) in [6.45, 7) is 4.28. The van der Waals surface area contributed by atoms with E-state index in [1.807, 2.05) is 6.92 Å². The van der Waals surface area contributed by atoms with Crippen molar-refractivity contribution >= 4 is 35.0 Å². The van der Waals surface area contributed by atoms with Gasteiger partial charge in [0.25, 0.3) is 0 Å². The highest BCUT2D eigenvalue weighted by atomic mass is 35.5. The second kappa shape index (κ2) is 12.4. The number of amides is 2. The Morgan fingerprint density at radius 3 is 2.18 bits per heavy atom. The molecule has 2 aromatic carbocycles. The van der Waals surface area contributed by atoms with Crippen molar-refractivity contribution in [3.63, 3.8) is 0 Å². The largest absolute Gasteiger partial charge is 0.352 e. The fraction of sp³-hybridized carbons (Fsp3) is 0.481. The monoisotopic (exact) mass is 488 g/mol. The minimum atomic E-state index is -0.562. The zero-order chi connectivity index (χ0) is 23.8. The van der Waals surface area contributed by atoms with E-state index in [-0.39, 0.29) is 24.4 Å². The maximum absolute atomic E-state index is 13.5. The zero-order valence-corrected chi connectivity index (χ0v) is 21.1. The van der Waals surface area contributed by atoms with Crippen LogP contribution in [0.15, 0.2) is 42.5 Å². The molecular weight excluding hydrogens is 455 g/mol. The number of benzene rings is 2. The summed E-state index contributed by atoms with van der Waals surface area (Å²) in [5, 5.41) is 4.17. The van der Waals surface area contributed by atoms with Gasteiger partial charge in [-0.25, -0.2) is 0 Å². The predicted octanol–water partition coefficient (Wildman–Crippen LogP) is 6.35. The fourth-order valence-electron chi connectivity index (χ4n) is 4.48. The molecular formula is C27H34Cl2N2O2. The molecule has 0 saturated heterocycles. The highest BCUT2D eigenvalue weighted by Gasteiger charge is 2.31. The lowest BCUT2D eigenvalue weighted by molar-refractivity contribution is -0.141. The third-order valence-corrected chi connectivity index (χ3v) is 7.24. The van der Waals surface area contributed by atoms with Crippen molar-refractivity contribution in [3.8, 4) is 0 Å². The van der Waals surface area contributed by atoms with Crippen molar-refractivity contribution in [3.05, 3.63) is 69.2 Å². The number of hydrogen-bond donors (Lipinski definition) is 1. The average molecular weight is 489 g/mol. The van der Waals surface area contributed by atoms with Crippen molar-refractivity contribution in [2.45, 2.75) is 83.8 Å². The molecule has 33 heavy (non-hydrogen) atoms. The van der Waals surface area contributed by atoms with Gasteiger partial charge in [-0.2, -0.15) is 0 Å². The number of carbonyl (C=O) groups is 2. The topological polar surface area (TPSA) is 49.4 Å². The lowest BCUT2D eigenvalue weighted by atomic mass is 10.0. The quantitative estimate of drug-likeness (QED) is 0.423. The van der Waals surface area contributed by atoms with Crippen LogP contribution in [0.1, 0.15) is 69.1 Å². The molecule has 0 heterocycles. The van der Waals surface area contributed by atoms with E-state index in [0.29, 0.717) is 34.9 Å². The van der Waals surface area contributed by atoms with E-state index in [1.165, 1.54) is 5.56 Å². The molecule has 0 unspecified atom stereocenters. The molecule has 6 heteroatoms. The van der Waals surface area contributed by atoms with E-state index in [2.05, 4.69) is 36.5 Å². The first-order valence-corrected chi connectivity index (χ1v) is 12.8. The number of carbonyl (C=O) groups excluding carboxylic acids is 2. The summed E-state index contributed by atoms with van der Waals surface area (Å²) >= 11 is 12.8. The normalized spacial score (nSPS) is 14.8. The second-order valence-electron chi connectivity index (χ2n) is 8.81. The van der Waals surface area contributed by atoms with Gasteiger partial charge in [0, 0.05) is 34.6 Å². The van der Waals surface area contributed by atoms with Crippen LogP contribution in [0.3, 0.4) is 0 Å². The molecule has 0 aromatic heterocycles. The van der Waals surface area contributed by atoms with E-state index < -0.39 is 6.04 Å². The zero-order valence-electron chi connectivity index (χ0n) is 19.6. The standard InChI is InChI=1S/C27H34Cl2N2O2/c1-3-19-12-14-20(15-13-19)16-17-26(32)31(18-22-23(28)10-7-11-24(22)29)25(4-2)27(33)30-21-8-5-6-9-21/h7,10-15,21,25H,3-6,8-9,16-18H2,1-2H3,(H,30,33)/t25-/m0/s1. The van der Waals surface area contributed by atoms with Crippen LogP contribution in [-0.2, 0) is 29.0 Å². The van der Waals surface area contributed by atoms with Crippen LogP contribution in [0.2, 0.25) is 10.0 Å². The molecule has 1 atom stereocenters. The molecule has 0 radical (unpaired) electrons. The first-order valence-electron chi connectivity index (χ1n) is 12.0. The van der Waals surface area contributed by atoms with E-state index in [4.69, 9.17) is 23.2 Å². The van der Waals surface area contributed by atoms with Gasteiger partial charge < -0.3 is 10.2 Å². The Morgan fingerprint density at radius 1 is 1.00 bits per heavy atom. The summed E-state index contributed by atoms with van der Waals surface area (Å²) in [5.41, 5.74) is 3.06. The third kappa shape index (κ3) is 6.97. The second-order valence-corrected chi connectivity index (χ2v) is 9.62. The summed E-state index contributed by atoms with van der Waals surface area (Å²) in [6, 6.07) is 13.3. The molecule has 1 aliphatic rings. The van der Waals surface area contributed by atoms with Gasteiger partial charge in [-0.3, -0.25) is 9.59 Å². The van der Waals surface area contributed by atoms with Crippen LogP contribution in [0.4, 0.5) is 0 Å². The SMILES string of the molecule is CCc1ccc(CCC(=O)N(Cc2c(Cl)cccc2Cl)[C@@H](CC)C(=O)NC2CCCC2)cc1. The number of nitrogens with zero attached hydrogens (tertiary/aromatic N) is 1. The fourth-order valence-corrected chi connectivity index (χ4v) is 4.99. The average Bonchev–Trinajstić information content (AvgIpc) is 3.32. The Labute approximate surface area is 207 Å². The van der Waals surface area contributed by atoms with E-state index in [1.54, 1.807) is 23.1 Å². The lowest BCUT2D eigenvalue weighted by Crippen LogP contribution is -2.51. The molecule has 3 rings (SSSR count). The summed E-state index contributed by atoms with van der Waals surface area (Å²) in [7, 11) is 0. The Kier molecular flexibility index (Phi) is 9.64. The molecule has 1 aliphatic carbocycles. The molecule has 0 aliphatic heterocycles. The highest BCUT2D eigenvalue weighted by molar-refractivity contribution is 6.36. The van der Waals surface area contributed by atoms with E-state index >= 15 is 0 Å². The first-order chi connectivity index (χ1) is 15.9. The molecule has 1 saturated carbocycles. The molecule has 0 bridgehead atoms. The molecule has 4 nitrogen and oxygen atoms in total. The smallest absolute Gasteiger partial charge is 0.243 e. The van der Waals surface area contributed by atoms with Gasteiger partial charge in [-0.1, -0.05) is 80.2 Å². The van der Waals surface area contributed by atoms with Gasteiger partial charge in [0.15, 0.2) is 0 Å². The van der Waals surface area contributed by atoms with Crippen LogP contribution in [0, 0.1) is 0 Å². The summed E-state index contributed by atoms with van der Waals surface area (Å²) in [6.07, 6.45) is 6.72. The van der Waals surface area contributed by atoms with Gasteiger partial charge in [-0.15, -0.1) is 0 Å². The Morgan fingerprint density at radius 2 is 1.61 bits per heavy atom. The maximum atomic E-state index is 13.5. The lowest BCUT2D eigenvalue weighted by Gasteiger charge is -2.32. The molecule has 1 N–H and O–H groups in total. The van der Waals surface area contributed by atoms with Gasteiger partial charge in [0.1, 0.15) is 6.04 Å². The molecule has 0 spiro atoms. The molecule has 2 aromatic rings. The van der Waals surface area contributed by atoms with Crippen molar-refractivity contribution in [2.24, 2.45) is 0 Å². The van der Waals surface area contributed by atoms with Gasteiger partial charge in [0.2, 0.25) is 11.8 Å². The minimum absolute atomic E-state index is 0.0704. The Hall–Kier alpha value is -2.04. The molecule has 1 fully saturated rings. The summed E-state index contributed by atoms with van der Waals surface area (Å²) in [5.74, 6) is -0.160. The number of aryl methyl sites for hydroxylation is 2. The Bertz CT molecular complexity index is 919. The summed E-state index contributed by atoms with van der Waals surface area (Å²) < 4.78 is 0. The van der Waals surface area contributed by atoms with Crippen LogP contribution < -0.4 is 5.32 Å². The number of halogens is 2. The van der Waals surface area contributed by atoms with Crippen molar-refractivity contribution in [1.82, 2.24) is 10.2 Å².